The quantitative estimate of drug-likeness (QED) is 0.891. The van der Waals surface area contributed by atoms with Crippen LogP contribution in [0.2, 0.25) is 0 Å². The molecule has 0 aliphatic rings. The first kappa shape index (κ1) is 15.4. The van der Waals surface area contributed by atoms with E-state index in [9.17, 15) is 0 Å². The van der Waals surface area contributed by atoms with Crippen molar-refractivity contribution >= 4 is 17.6 Å². The molecule has 0 saturated carbocycles. The fourth-order valence-electron chi connectivity index (χ4n) is 2.02. The maximum Gasteiger partial charge on any atom is 0.126 e. The fourth-order valence-corrected chi connectivity index (χ4v) is 2.42. The lowest BCUT2D eigenvalue weighted by atomic mass is 9.95. The molecule has 0 radical (unpaired) electrons. The van der Waals surface area contributed by atoms with Gasteiger partial charge in [-0.2, -0.15) is 11.8 Å². The number of aromatic nitrogens is 2. The molecule has 0 aliphatic carbocycles. The van der Waals surface area contributed by atoms with E-state index in [0.717, 1.165) is 36.1 Å². The Hall–Kier alpha value is -0.640. The summed E-state index contributed by atoms with van der Waals surface area (Å²) >= 11 is 1.84. The van der Waals surface area contributed by atoms with Gasteiger partial charge in [0.15, 0.2) is 0 Å². The third kappa shape index (κ3) is 3.67. The van der Waals surface area contributed by atoms with E-state index in [0.29, 0.717) is 5.92 Å². The number of nitrogens with two attached hydrogens (primary N) is 1. The van der Waals surface area contributed by atoms with Gasteiger partial charge in [0.25, 0.3) is 0 Å². The molecule has 1 aromatic heterocycles. The normalized spacial score (nSPS) is 12.4. The van der Waals surface area contributed by atoms with Gasteiger partial charge >= 0.3 is 0 Å². The Morgan fingerprint density at radius 2 is 1.94 bits per heavy atom. The number of aryl methyl sites for hydroxylation is 1. The summed E-state index contributed by atoms with van der Waals surface area (Å²) in [5, 5.41) is 0. The van der Waals surface area contributed by atoms with Crippen molar-refractivity contribution in [3.05, 3.63) is 11.5 Å². The maximum atomic E-state index is 6.28. The van der Waals surface area contributed by atoms with Crippen LogP contribution in [0.15, 0.2) is 0 Å². The number of nitrogens with zero attached hydrogens (tertiary/aromatic N) is 2. The van der Waals surface area contributed by atoms with E-state index in [-0.39, 0.29) is 5.41 Å². The lowest BCUT2D eigenvalue weighted by molar-refractivity contribution is 0.454. The van der Waals surface area contributed by atoms with Crippen molar-refractivity contribution in [2.24, 2.45) is 5.92 Å². The predicted molar refractivity (Wildman–Crippen MR) is 82.3 cm³/mol. The molecule has 1 heterocycles. The lowest BCUT2D eigenvalue weighted by Crippen LogP contribution is -2.21. The van der Waals surface area contributed by atoms with Crippen LogP contribution in [-0.2, 0) is 18.4 Å². The van der Waals surface area contributed by atoms with Crippen molar-refractivity contribution in [1.82, 2.24) is 9.55 Å². The smallest absolute Gasteiger partial charge is 0.126 e. The summed E-state index contributed by atoms with van der Waals surface area (Å²) in [5.41, 5.74) is 7.39. The van der Waals surface area contributed by atoms with Crippen molar-refractivity contribution in [1.29, 1.82) is 0 Å². The third-order valence-corrected chi connectivity index (χ3v) is 3.46. The average Bonchev–Trinajstić information content (AvgIpc) is 2.53. The van der Waals surface area contributed by atoms with Crippen LogP contribution in [-0.4, -0.2) is 21.6 Å². The molecular formula is C14H27N3S. The molecule has 4 heteroatoms. The molecule has 104 valence electrons. The molecule has 1 rings (SSSR count). The zero-order chi connectivity index (χ0) is 13.9. The van der Waals surface area contributed by atoms with Crippen LogP contribution in [0.4, 0.5) is 5.82 Å². The summed E-state index contributed by atoms with van der Waals surface area (Å²) < 4.78 is 2.21. The fraction of sp³-hybridized carbons (Fsp3) is 0.786. The molecule has 18 heavy (non-hydrogen) atoms. The molecule has 0 saturated heterocycles. The molecule has 3 nitrogen and oxygen atoms in total. The van der Waals surface area contributed by atoms with E-state index in [2.05, 4.69) is 45.4 Å². The summed E-state index contributed by atoms with van der Waals surface area (Å²) in [6.45, 7) is 12.0. The van der Waals surface area contributed by atoms with E-state index in [1.165, 1.54) is 0 Å². The second-order valence-corrected chi connectivity index (χ2v) is 7.25. The molecule has 1 aromatic rings. The number of hydrogen-bond acceptors (Lipinski definition) is 3. The molecule has 0 aliphatic heterocycles. The van der Waals surface area contributed by atoms with Gasteiger partial charge in [-0.15, -0.1) is 0 Å². The summed E-state index contributed by atoms with van der Waals surface area (Å²) in [5.74, 6) is 3.63. The SMILES string of the molecule is CSCCc1nc(C(C)(C)C)n(CC(C)C)c1N. The Morgan fingerprint density at radius 3 is 2.39 bits per heavy atom. The number of rotatable bonds is 5. The van der Waals surface area contributed by atoms with Gasteiger partial charge in [-0.1, -0.05) is 34.6 Å². The van der Waals surface area contributed by atoms with Gasteiger partial charge in [-0.3, -0.25) is 0 Å². The first-order valence-electron chi connectivity index (χ1n) is 6.61. The number of imidazole rings is 1. The topological polar surface area (TPSA) is 43.8 Å². The van der Waals surface area contributed by atoms with Crippen molar-refractivity contribution in [2.75, 3.05) is 17.7 Å². The average molecular weight is 269 g/mol. The summed E-state index contributed by atoms with van der Waals surface area (Å²) in [4.78, 5) is 4.80. The van der Waals surface area contributed by atoms with Crippen LogP contribution < -0.4 is 5.73 Å². The Balaban J connectivity index is 3.14. The van der Waals surface area contributed by atoms with Crippen molar-refractivity contribution in [3.8, 4) is 0 Å². The Labute approximate surface area is 116 Å². The third-order valence-electron chi connectivity index (χ3n) is 2.84. The number of hydrogen-bond donors (Lipinski definition) is 1. The second-order valence-electron chi connectivity index (χ2n) is 6.26. The van der Waals surface area contributed by atoms with E-state index >= 15 is 0 Å². The summed E-state index contributed by atoms with van der Waals surface area (Å²) in [6, 6.07) is 0. The van der Waals surface area contributed by atoms with Gasteiger partial charge in [0, 0.05) is 18.4 Å². The van der Waals surface area contributed by atoms with Crippen molar-refractivity contribution in [3.63, 3.8) is 0 Å². The molecule has 0 aromatic carbocycles. The summed E-state index contributed by atoms with van der Waals surface area (Å²) in [7, 11) is 0. The highest BCUT2D eigenvalue weighted by Gasteiger charge is 2.24. The molecule has 0 spiro atoms. The van der Waals surface area contributed by atoms with E-state index in [1.807, 2.05) is 11.8 Å². The molecular weight excluding hydrogens is 242 g/mol. The minimum absolute atomic E-state index is 0.0423. The minimum atomic E-state index is 0.0423. The molecule has 0 atom stereocenters. The van der Waals surface area contributed by atoms with Crippen molar-refractivity contribution in [2.45, 2.75) is 53.0 Å². The number of nitrogen functional groups attached to an aromatic ring is 1. The van der Waals surface area contributed by atoms with Crippen LogP contribution in [0.1, 0.15) is 46.1 Å². The highest BCUT2D eigenvalue weighted by molar-refractivity contribution is 7.98. The zero-order valence-electron chi connectivity index (χ0n) is 12.6. The number of thioether (sulfide) groups is 1. The van der Waals surface area contributed by atoms with Crippen LogP contribution in [0.25, 0.3) is 0 Å². The monoisotopic (exact) mass is 269 g/mol. The largest absolute Gasteiger partial charge is 0.384 e. The maximum absolute atomic E-state index is 6.28. The van der Waals surface area contributed by atoms with Gasteiger partial charge in [0.05, 0.1) is 5.69 Å². The zero-order valence-corrected chi connectivity index (χ0v) is 13.4. The molecule has 0 amide bonds. The highest BCUT2D eigenvalue weighted by Crippen LogP contribution is 2.27. The van der Waals surface area contributed by atoms with E-state index in [1.54, 1.807) is 0 Å². The minimum Gasteiger partial charge on any atom is -0.384 e. The Morgan fingerprint density at radius 1 is 1.33 bits per heavy atom. The molecule has 0 unspecified atom stereocenters. The molecule has 2 N–H and O–H groups in total. The molecule has 0 bridgehead atoms. The van der Waals surface area contributed by atoms with Gasteiger partial charge in [0.1, 0.15) is 11.6 Å². The number of anilines is 1. The van der Waals surface area contributed by atoms with Crippen LogP contribution in [0.5, 0.6) is 0 Å². The lowest BCUT2D eigenvalue weighted by Gasteiger charge is -2.21. The van der Waals surface area contributed by atoms with E-state index in [4.69, 9.17) is 10.7 Å². The van der Waals surface area contributed by atoms with Gasteiger partial charge < -0.3 is 10.3 Å². The van der Waals surface area contributed by atoms with Gasteiger partial charge in [-0.05, 0) is 17.9 Å². The van der Waals surface area contributed by atoms with Crippen molar-refractivity contribution < 1.29 is 0 Å². The first-order chi connectivity index (χ1) is 8.27. The Kier molecular flexibility index (Phi) is 5.14. The summed E-state index contributed by atoms with van der Waals surface area (Å²) in [6.07, 6.45) is 3.08. The standard InChI is InChI=1S/C14H27N3S/c1-10(2)9-17-12(15)11(7-8-18-6)16-13(17)14(3,4)5/h10H,7-9,15H2,1-6H3. The molecule has 0 fully saturated rings. The van der Waals surface area contributed by atoms with Crippen LogP contribution >= 0.6 is 11.8 Å². The predicted octanol–water partition coefficient (Wildman–Crippen LogP) is 3.32. The second kappa shape index (κ2) is 6.00. The van der Waals surface area contributed by atoms with Gasteiger partial charge in [0.2, 0.25) is 0 Å². The van der Waals surface area contributed by atoms with E-state index < -0.39 is 0 Å². The van der Waals surface area contributed by atoms with Gasteiger partial charge in [-0.25, -0.2) is 4.98 Å². The van der Waals surface area contributed by atoms with Crippen LogP contribution in [0, 0.1) is 5.92 Å². The first-order valence-corrected chi connectivity index (χ1v) is 8.01. The Bertz CT molecular complexity index is 388. The van der Waals surface area contributed by atoms with Crippen LogP contribution in [0.3, 0.4) is 0 Å². The highest BCUT2D eigenvalue weighted by atomic mass is 32.2.